The normalized spacial score (nSPS) is 15.1. The maximum absolute atomic E-state index is 5.95. The van der Waals surface area contributed by atoms with Crippen LogP contribution in [0.2, 0.25) is 0 Å². The fraction of sp³-hybridized carbons (Fsp3) is 0.333. The van der Waals surface area contributed by atoms with E-state index in [4.69, 9.17) is 20.9 Å². The first-order valence-electron chi connectivity index (χ1n) is 6.93. The Balaban J connectivity index is 0.00000264. The van der Waals surface area contributed by atoms with Gasteiger partial charge < -0.3 is 25.8 Å². The lowest BCUT2D eigenvalue weighted by atomic mass is 10.3. The fourth-order valence-corrected chi connectivity index (χ4v) is 2.05. The van der Waals surface area contributed by atoms with Gasteiger partial charge in [-0.1, -0.05) is 12.2 Å². The topological polar surface area (TPSA) is 98.5 Å². The average molecular weight is 340 g/mol. The number of nitrogens with two attached hydrogens (primary N) is 2. The van der Waals surface area contributed by atoms with Crippen molar-refractivity contribution in [2.45, 2.75) is 6.42 Å². The molecule has 0 saturated carbocycles. The Morgan fingerprint density at radius 2 is 1.74 bits per heavy atom. The highest BCUT2D eigenvalue weighted by Crippen LogP contribution is 2.27. The molecule has 126 valence electrons. The Hall–Kier alpha value is -2.41. The average Bonchev–Trinajstić information content (AvgIpc) is 2.55. The smallest absolute Gasteiger partial charge is 0.223 e. The van der Waals surface area contributed by atoms with Gasteiger partial charge in [0.1, 0.15) is 11.5 Å². The van der Waals surface area contributed by atoms with Crippen LogP contribution in [-0.4, -0.2) is 44.1 Å². The Kier molecular flexibility index (Phi) is 7.21. The van der Waals surface area contributed by atoms with Crippen LogP contribution in [0.15, 0.2) is 40.3 Å². The van der Waals surface area contributed by atoms with Crippen LogP contribution in [0.5, 0.6) is 11.5 Å². The van der Waals surface area contributed by atoms with E-state index in [0.717, 1.165) is 19.5 Å². The molecule has 1 aromatic carbocycles. The number of hydrogen-bond acceptors (Lipinski definition) is 3. The van der Waals surface area contributed by atoms with Crippen LogP contribution in [0.1, 0.15) is 6.42 Å². The van der Waals surface area contributed by atoms with Gasteiger partial charge in [-0.3, -0.25) is 0 Å². The molecule has 23 heavy (non-hydrogen) atoms. The summed E-state index contributed by atoms with van der Waals surface area (Å²) < 4.78 is 10.4. The van der Waals surface area contributed by atoms with E-state index in [1.54, 1.807) is 32.4 Å². The third-order valence-electron chi connectivity index (χ3n) is 3.19. The molecule has 0 bridgehead atoms. The Bertz CT molecular complexity index is 594. The SMILES string of the molecule is COc1cc(N=C(N)N=C(N)N2CC=CCC2)cc(OC)c1.Cl. The summed E-state index contributed by atoms with van der Waals surface area (Å²) in [5.41, 5.74) is 12.4. The Morgan fingerprint density at radius 1 is 1.09 bits per heavy atom. The number of nitrogens with zero attached hydrogens (tertiary/aromatic N) is 3. The molecule has 0 radical (unpaired) electrons. The van der Waals surface area contributed by atoms with Gasteiger partial charge in [0.25, 0.3) is 0 Å². The highest BCUT2D eigenvalue weighted by molar-refractivity contribution is 5.94. The van der Waals surface area contributed by atoms with Crippen LogP contribution in [0.4, 0.5) is 5.69 Å². The minimum absolute atomic E-state index is 0. The van der Waals surface area contributed by atoms with Crippen molar-refractivity contribution in [3.8, 4) is 11.5 Å². The summed E-state index contributed by atoms with van der Waals surface area (Å²) in [6.45, 7) is 1.56. The van der Waals surface area contributed by atoms with Crippen molar-refractivity contribution >= 4 is 30.0 Å². The van der Waals surface area contributed by atoms with Crippen molar-refractivity contribution in [1.82, 2.24) is 4.90 Å². The molecule has 0 fully saturated rings. The van der Waals surface area contributed by atoms with Crippen molar-refractivity contribution in [3.05, 3.63) is 30.4 Å². The molecule has 8 heteroatoms. The van der Waals surface area contributed by atoms with E-state index in [1.807, 2.05) is 11.0 Å². The van der Waals surface area contributed by atoms with E-state index in [2.05, 4.69) is 16.1 Å². The van der Waals surface area contributed by atoms with Crippen LogP contribution >= 0.6 is 12.4 Å². The standard InChI is InChI=1S/C15H21N5O2.ClH/c1-21-12-8-11(9-13(10-12)22-2)18-14(16)19-15(17)20-6-4-3-5-7-20;/h3-4,8-10H,5-7H2,1-2H3,(H4,16,17,18,19);1H. The van der Waals surface area contributed by atoms with Gasteiger partial charge in [0.2, 0.25) is 5.96 Å². The molecule has 1 heterocycles. The third kappa shape index (κ3) is 5.37. The van der Waals surface area contributed by atoms with Gasteiger partial charge >= 0.3 is 0 Å². The molecule has 0 saturated heterocycles. The highest BCUT2D eigenvalue weighted by Gasteiger charge is 2.09. The van der Waals surface area contributed by atoms with Gasteiger partial charge in [0, 0.05) is 31.3 Å². The first-order valence-corrected chi connectivity index (χ1v) is 6.93. The molecular weight excluding hydrogens is 318 g/mol. The molecule has 1 aliphatic rings. The highest BCUT2D eigenvalue weighted by atomic mass is 35.5. The molecule has 0 spiro atoms. The summed E-state index contributed by atoms with van der Waals surface area (Å²) in [5.74, 6) is 1.70. The molecule has 0 unspecified atom stereocenters. The number of rotatable bonds is 3. The predicted octanol–water partition coefficient (Wildman–Crippen LogP) is 1.65. The van der Waals surface area contributed by atoms with Crippen molar-refractivity contribution in [3.63, 3.8) is 0 Å². The van der Waals surface area contributed by atoms with Gasteiger partial charge in [0.05, 0.1) is 19.9 Å². The molecule has 1 aliphatic heterocycles. The maximum atomic E-state index is 5.95. The summed E-state index contributed by atoms with van der Waals surface area (Å²) in [6, 6.07) is 5.24. The molecule has 7 nitrogen and oxygen atoms in total. The maximum Gasteiger partial charge on any atom is 0.223 e. The summed E-state index contributed by atoms with van der Waals surface area (Å²) in [4.78, 5) is 10.3. The number of hydrogen-bond donors (Lipinski definition) is 2. The van der Waals surface area contributed by atoms with E-state index >= 15 is 0 Å². The first kappa shape index (κ1) is 18.6. The number of methoxy groups -OCH3 is 2. The second-order valence-electron chi connectivity index (χ2n) is 4.72. The number of halogens is 1. The summed E-state index contributed by atoms with van der Waals surface area (Å²) in [7, 11) is 3.15. The van der Waals surface area contributed by atoms with Crippen LogP contribution in [0.25, 0.3) is 0 Å². The van der Waals surface area contributed by atoms with E-state index < -0.39 is 0 Å². The van der Waals surface area contributed by atoms with Crippen LogP contribution in [-0.2, 0) is 0 Å². The van der Waals surface area contributed by atoms with Gasteiger partial charge in [0.15, 0.2) is 5.96 Å². The van der Waals surface area contributed by atoms with Crippen molar-refractivity contribution in [2.24, 2.45) is 21.5 Å². The molecule has 2 rings (SSSR count). The number of ether oxygens (including phenoxy) is 2. The van der Waals surface area contributed by atoms with Gasteiger partial charge in [-0.05, 0) is 6.42 Å². The number of benzene rings is 1. The summed E-state index contributed by atoms with van der Waals surface area (Å²) in [6.07, 6.45) is 5.11. The molecule has 0 aromatic heterocycles. The summed E-state index contributed by atoms with van der Waals surface area (Å²) in [5, 5.41) is 0. The van der Waals surface area contributed by atoms with Crippen molar-refractivity contribution < 1.29 is 9.47 Å². The lowest BCUT2D eigenvalue weighted by Crippen LogP contribution is -2.40. The minimum atomic E-state index is 0. The van der Waals surface area contributed by atoms with Gasteiger partial charge in [-0.25, -0.2) is 4.99 Å². The zero-order valence-corrected chi connectivity index (χ0v) is 14.0. The Labute approximate surface area is 142 Å². The van der Waals surface area contributed by atoms with Crippen molar-refractivity contribution in [2.75, 3.05) is 27.3 Å². The predicted molar refractivity (Wildman–Crippen MR) is 95.0 cm³/mol. The van der Waals surface area contributed by atoms with E-state index in [9.17, 15) is 0 Å². The van der Waals surface area contributed by atoms with Crippen molar-refractivity contribution in [1.29, 1.82) is 0 Å². The molecular formula is C15H22ClN5O2. The second kappa shape index (κ2) is 8.89. The molecule has 1 aromatic rings. The lowest BCUT2D eigenvalue weighted by molar-refractivity contribution is 0.394. The van der Waals surface area contributed by atoms with E-state index in [-0.39, 0.29) is 18.4 Å². The van der Waals surface area contributed by atoms with E-state index in [1.165, 1.54) is 0 Å². The van der Waals surface area contributed by atoms with Gasteiger partial charge in [-0.2, -0.15) is 4.99 Å². The number of aliphatic imine (C=N–C) groups is 2. The third-order valence-corrected chi connectivity index (χ3v) is 3.19. The molecule has 0 atom stereocenters. The fourth-order valence-electron chi connectivity index (χ4n) is 2.05. The quantitative estimate of drug-likeness (QED) is 0.495. The zero-order valence-electron chi connectivity index (χ0n) is 13.2. The zero-order chi connectivity index (χ0) is 15.9. The van der Waals surface area contributed by atoms with Crippen LogP contribution < -0.4 is 20.9 Å². The molecule has 4 N–H and O–H groups in total. The number of guanidine groups is 2. The largest absolute Gasteiger partial charge is 0.497 e. The Morgan fingerprint density at radius 3 is 2.26 bits per heavy atom. The molecule has 0 aliphatic carbocycles. The molecule has 0 amide bonds. The summed E-state index contributed by atoms with van der Waals surface area (Å²) >= 11 is 0. The lowest BCUT2D eigenvalue weighted by Gasteiger charge is -2.23. The van der Waals surface area contributed by atoms with Crippen LogP contribution in [0, 0.1) is 0 Å². The monoisotopic (exact) mass is 339 g/mol. The second-order valence-corrected chi connectivity index (χ2v) is 4.72. The van der Waals surface area contributed by atoms with Gasteiger partial charge in [-0.15, -0.1) is 12.4 Å². The van der Waals surface area contributed by atoms with Crippen LogP contribution in [0.3, 0.4) is 0 Å². The van der Waals surface area contributed by atoms with E-state index in [0.29, 0.717) is 23.1 Å². The minimum Gasteiger partial charge on any atom is -0.497 e. The first-order chi connectivity index (χ1) is 10.6.